The van der Waals surface area contributed by atoms with Gasteiger partial charge in [-0.3, -0.25) is 4.79 Å². The van der Waals surface area contributed by atoms with Crippen LogP contribution in [0.25, 0.3) is 0 Å². The van der Waals surface area contributed by atoms with E-state index in [-0.39, 0.29) is 5.78 Å². The quantitative estimate of drug-likeness (QED) is 0.140. The third-order valence-corrected chi connectivity index (χ3v) is 7.14. The summed E-state index contributed by atoms with van der Waals surface area (Å²) in [6.45, 7) is 0. The van der Waals surface area contributed by atoms with E-state index in [9.17, 15) is 9.59 Å². The number of carbonyl (C=O) groups is 2. The fourth-order valence-electron chi connectivity index (χ4n) is 4.21. The number of carbonyl (C=O) groups excluding carboxylic acids is 2. The largest absolute Gasteiger partial charge is 0.365 e. The van der Waals surface area contributed by atoms with Gasteiger partial charge in [0.1, 0.15) is 5.71 Å². The molecule has 34 heavy (non-hydrogen) atoms. The molecule has 4 rings (SSSR count). The fraction of sp³-hybridized carbons (Fsp3) is 0.276. The smallest absolute Gasteiger partial charge is 0.312 e. The summed E-state index contributed by atoms with van der Waals surface area (Å²) in [5.41, 5.74) is 1.27. The number of hydrogen-bond acceptors (Lipinski definition) is 5. The molecule has 0 aromatic heterocycles. The van der Waals surface area contributed by atoms with E-state index in [1.54, 1.807) is 36.0 Å². The van der Waals surface area contributed by atoms with Gasteiger partial charge in [0.05, 0.1) is 5.56 Å². The summed E-state index contributed by atoms with van der Waals surface area (Å²) in [5, 5.41) is 4.06. The summed E-state index contributed by atoms with van der Waals surface area (Å²) < 4.78 is 0. The first-order valence-electron chi connectivity index (χ1n) is 11.9. The van der Waals surface area contributed by atoms with E-state index in [1.165, 1.54) is 32.1 Å². The summed E-state index contributed by atoms with van der Waals surface area (Å²) in [7, 11) is 0. The van der Waals surface area contributed by atoms with E-state index in [1.807, 2.05) is 48.5 Å². The third kappa shape index (κ3) is 6.91. The van der Waals surface area contributed by atoms with Crippen molar-refractivity contribution in [3.05, 3.63) is 96.1 Å². The molecule has 0 heterocycles. The lowest BCUT2D eigenvalue weighted by Gasteiger charge is -2.21. The van der Waals surface area contributed by atoms with E-state index in [2.05, 4.69) is 17.3 Å². The highest BCUT2D eigenvalue weighted by molar-refractivity contribution is 7.99. The minimum Gasteiger partial charge on any atom is -0.312 e. The van der Waals surface area contributed by atoms with Crippen LogP contribution in [0.4, 0.5) is 0 Å². The third-order valence-electron chi connectivity index (χ3n) is 6.12. The number of ketones is 1. The monoisotopic (exact) mass is 471 g/mol. The van der Waals surface area contributed by atoms with Gasteiger partial charge in [-0.25, -0.2) is 4.79 Å². The van der Waals surface area contributed by atoms with Crippen LogP contribution in [0.2, 0.25) is 0 Å². The van der Waals surface area contributed by atoms with Crippen molar-refractivity contribution in [3.8, 4) is 0 Å². The number of nitrogens with zero attached hydrogens (tertiary/aromatic N) is 1. The molecule has 1 fully saturated rings. The molecular weight excluding hydrogens is 442 g/mol. The van der Waals surface area contributed by atoms with Crippen molar-refractivity contribution < 1.29 is 14.4 Å². The van der Waals surface area contributed by atoms with Gasteiger partial charge in [0.2, 0.25) is 5.78 Å². The van der Waals surface area contributed by atoms with Crippen molar-refractivity contribution in [1.82, 2.24) is 0 Å². The lowest BCUT2D eigenvalue weighted by molar-refractivity contribution is 0.0514. The molecular formula is C29H29NO3S. The molecule has 3 aromatic rings. The highest BCUT2D eigenvalue weighted by atomic mass is 32.2. The summed E-state index contributed by atoms with van der Waals surface area (Å²) in [5.74, 6) is -0.146. The summed E-state index contributed by atoms with van der Waals surface area (Å²) >= 11 is 1.65. The fourth-order valence-corrected chi connectivity index (χ4v) is 5.04. The van der Waals surface area contributed by atoms with Gasteiger partial charge in [-0.05, 0) is 67.3 Å². The van der Waals surface area contributed by atoms with Crippen LogP contribution in [0.15, 0.2) is 99.9 Å². The van der Waals surface area contributed by atoms with Gasteiger partial charge in [0.15, 0.2) is 0 Å². The number of oxime groups is 1. The molecule has 0 radical (unpaired) electrons. The molecule has 0 N–H and O–H groups in total. The maximum Gasteiger partial charge on any atom is 0.365 e. The van der Waals surface area contributed by atoms with Gasteiger partial charge in [0.25, 0.3) is 0 Å². The van der Waals surface area contributed by atoms with Crippen LogP contribution in [0.5, 0.6) is 0 Å². The number of Topliss-reactive ketones (excluding diaryl/α,β-unsaturated/α-hetero) is 1. The summed E-state index contributed by atoms with van der Waals surface area (Å²) in [6.07, 6.45) is 7.55. The first-order chi connectivity index (χ1) is 16.7. The van der Waals surface area contributed by atoms with Crippen molar-refractivity contribution in [3.63, 3.8) is 0 Å². The van der Waals surface area contributed by atoms with E-state index >= 15 is 0 Å². The van der Waals surface area contributed by atoms with E-state index < -0.39 is 5.97 Å². The Kier molecular flexibility index (Phi) is 8.69. The first kappa shape index (κ1) is 24.0. The van der Waals surface area contributed by atoms with Crippen molar-refractivity contribution in [2.45, 2.75) is 54.7 Å². The molecule has 0 saturated heterocycles. The van der Waals surface area contributed by atoms with Gasteiger partial charge in [-0.2, -0.15) is 0 Å². The SMILES string of the molecule is O=C(O/N=C(\CCC1CCCCC1)C(=O)c1ccc(Sc2ccccc2)cc1)c1ccccc1. The molecule has 1 saturated carbocycles. The second-order valence-electron chi connectivity index (χ2n) is 8.59. The van der Waals surface area contributed by atoms with Crippen LogP contribution < -0.4 is 0 Å². The molecule has 0 spiro atoms. The standard InChI is InChI=1S/C29H29NO3S/c31-28(23-17-19-26(20-18-23)34-25-14-8-3-9-15-25)27(21-16-22-10-4-1-5-11-22)30-33-29(32)24-12-6-2-7-13-24/h2-3,6-9,12-15,17-20,22H,1,4-5,10-11,16,21H2/b30-27+. The lowest BCUT2D eigenvalue weighted by atomic mass is 9.85. The molecule has 0 atom stereocenters. The van der Waals surface area contributed by atoms with Crippen LogP contribution in [-0.2, 0) is 4.84 Å². The zero-order valence-corrected chi connectivity index (χ0v) is 20.0. The molecule has 174 valence electrons. The van der Waals surface area contributed by atoms with Crippen LogP contribution in [0.3, 0.4) is 0 Å². The second-order valence-corrected chi connectivity index (χ2v) is 9.74. The Balaban J connectivity index is 1.47. The van der Waals surface area contributed by atoms with Gasteiger partial charge in [-0.15, -0.1) is 0 Å². The molecule has 0 bridgehead atoms. The van der Waals surface area contributed by atoms with Crippen molar-refractivity contribution >= 4 is 29.2 Å². The van der Waals surface area contributed by atoms with Crippen LogP contribution in [-0.4, -0.2) is 17.5 Å². The van der Waals surface area contributed by atoms with Crippen molar-refractivity contribution in [2.24, 2.45) is 11.1 Å². The van der Waals surface area contributed by atoms with Crippen molar-refractivity contribution in [1.29, 1.82) is 0 Å². The first-order valence-corrected chi connectivity index (χ1v) is 12.7. The highest BCUT2D eigenvalue weighted by Gasteiger charge is 2.20. The molecule has 1 aliphatic carbocycles. The normalized spacial score (nSPS) is 14.5. The number of rotatable bonds is 9. The predicted molar refractivity (Wildman–Crippen MR) is 136 cm³/mol. The maximum atomic E-state index is 13.3. The maximum absolute atomic E-state index is 13.3. The van der Waals surface area contributed by atoms with Gasteiger partial charge in [0, 0.05) is 15.4 Å². The molecule has 5 heteroatoms. The molecule has 3 aromatic carbocycles. The van der Waals surface area contributed by atoms with Crippen LogP contribution >= 0.6 is 11.8 Å². The Bertz CT molecular complexity index is 1110. The average Bonchev–Trinajstić information content (AvgIpc) is 2.90. The molecule has 0 amide bonds. The number of hydrogen-bond donors (Lipinski definition) is 0. The Hall–Kier alpha value is -3.18. The summed E-state index contributed by atoms with van der Waals surface area (Å²) in [4.78, 5) is 33.1. The lowest BCUT2D eigenvalue weighted by Crippen LogP contribution is -2.18. The zero-order chi connectivity index (χ0) is 23.6. The second kappa shape index (κ2) is 12.3. The molecule has 1 aliphatic rings. The minimum absolute atomic E-state index is 0.187. The molecule has 0 aliphatic heterocycles. The Morgan fingerprint density at radius 2 is 1.38 bits per heavy atom. The Morgan fingerprint density at radius 1 is 0.765 bits per heavy atom. The predicted octanol–water partition coefficient (Wildman–Crippen LogP) is 7.59. The number of benzene rings is 3. The molecule has 4 nitrogen and oxygen atoms in total. The van der Waals surface area contributed by atoms with Gasteiger partial charge in [-0.1, -0.05) is 85.4 Å². The Morgan fingerprint density at radius 3 is 2.06 bits per heavy atom. The van der Waals surface area contributed by atoms with Crippen molar-refractivity contribution in [2.75, 3.05) is 0 Å². The minimum atomic E-state index is -0.557. The molecule has 0 unspecified atom stereocenters. The van der Waals surface area contributed by atoms with Gasteiger partial charge < -0.3 is 4.84 Å². The topological polar surface area (TPSA) is 55.7 Å². The van der Waals surface area contributed by atoms with Gasteiger partial charge >= 0.3 is 5.97 Å². The average molecular weight is 472 g/mol. The van der Waals surface area contributed by atoms with E-state index in [0.29, 0.717) is 29.2 Å². The van der Waals surface area contributed by atoms with Crippen LogP contribution in [0.1, 0.15) is 65.7 Å². The summed E-state index contributed by atoms with van der Waals surface area (Å²) in [6, 6.07) is 26.4. The zero-order valence-electron chi connectivity index (χ0n) is 19.2. The van der Waals surface area contributed by atoms with Crippen LogP contribution in [0, 0.1) is 5.92 Å². The van der Waals surface area contributed by atoms with E-state index in [4.69, 9.17) is 4.84 Å². The highest BCUT2D eigenvalue weighted by Crippen LogP contribution is 2.29. The van der Waals surface area contributed by atoms with E-state index in [0.717, 1.165) is 16.2 Å². The Labute approximate surface area is 205 Å².